The summed E-state index contributed by atoms with van der Waals surface area (Å²) in [6, 6.07) is 0. The molecule has 1 unspecified atom stereocenters. The minimum absolute atomic E-state index is 0.0653. The van der Waals surface area contributed by atoms with Gasteiger partial charge in [0.1, 0.15) is 0 Å². The van der Waals surface area contributed by atoms with Crippen LogP contribution in [0.25, 0.3) is 0 Å². The first-order valence-corrected chi connectivity index (χ1v) is 3.08. The van der Waals surface area contributed by atoms with E-state index in [0.29, 0.717) is 0 Å². The Morgan fingerprint density at radius 3 is 2.62 bits per heavy atom. The van der Waals surface area contributed by atoms with E-state index in [4.69, 9.17) is 9.66 Å². The molecule has 1 atom stereocenters. The van der Waals surface area contributed by atoms with Crippen LogP contribution in [0.15, 0.2) is 0 Å². The van der Waals surface area contributed by atoms with E-state index in [2.05, 4.69) is 5.43 Å². The van der Waals surface area contributed by atoms with Gasteiger partial charge >= 0.3 is 0 Å². The molecule has 0 bridgehead atoms. The third kappa shape index (κ3) is 5.99. The lowest BCUT2D eigenvalue weighted by Crippen LogP contribution is -2.34. The Kier molecular flexibility index (Phi) is 5.13. The Morgan fingerprint density at radius 2 is 2.25 bits per heavy atom. The summed E-state index contributed by atoms with van der Waals surface area (Å²) in [5.74, 6) is 0. The van der Waals surface area contributed by atoms with Crippen molar-refractivity contribution in [3.8, 4) is 0 Å². The predicted octanol–water partition coefficient (Wildman–Crippen LogP) is -1.79. The highest BCUT2D eigenvalue weighted by molar-refractivity contribution is 7.77. The van der Waals surface area contributed by atoms with Crippen LogP contribution in [-0.2, 0) is 11.3 Å². The lowest BCUT2D eigenvalue weighted by atomic mass is 10.7. The van der Waals surface area contributed by atoms with Gasteiger partial charge in [-0.15, -0.1) is 0 Å². The zero-order valence-corrected chi connectivity index (χ0v) is 4.94. The number of hydrogen-bond acceptors (Lipinski definition) is 3. The Labute approximate surface area is 49.5 Å². The molecule has 0 aliphatic heterocycles. The maximum Gasteiger partial charge on any atom is 0.245 e. The molecule has 0 aliphatic carbocycles. The van der Waals surface area contributed by atoms with Gasteiger partial charge in [-0.1, -0.05) is 0 Å². The van der Waals surface area contributed by atoms with Gasteiger partial charge in [-0.3, -0.25) is 4.55 Å². The molecule has 0 fully saturated rings. The Morgan fingerprint density at radius 1 is 1.62 bits per heavy atom. The van der Waals surface area contributed by atoms with E-state index in [1.807, 2.05) is 4.83 Å². The molecule has 0 aromatic rings. The number of nitrogens with one attached hydrogen (secondary N) is 2. The molecule has 0 aromatic heterocycles. The fourth-order valence-corrected chi connectivity index (χ4v) is 0.394. The van der Waals surface area contributed by atoms with E-state index in [1.165, 1.54) is 0 Å². The molecule has 0 spiro atoms. The molecule has 0 radical (unpaired) electrons. The zero-order chi connectivity index (χ0) is 6.41. The van der Waals surface area contributed by atoms with E-state index in [9.17, 15) is 4.21 Å². The van der Waals surface area contributed by atoms with E-state index < -0.39 is 11.3 Å². The van der Waals surface area contributed by atoms with Gasteiger partial charge in [0.2, 0.25) is 11.3 Å². The number of aliphatic hydroxyl groups excluding tert-OH is 1. The van der Waals surface area contributed by atoms with E-state index in [-0.39, 0.29) is 13.2 Å². The van der Waals surface area contributed by atoms with Crippen LogP contribution in [0.5, 0.6) is 0 Å². The third-order valence-corrected chi connectivity index (χ3v) is 0.715. The molecule has 8 heavy (non-hydrogen) atoms. The first kappa shape index (κ1) is 7.99. The molecule has 0 aromatic carbocycles. The molecular formula is C2H8N2O3S. The maximum atomic E-state index is 9.73. The largest absolute Gasteiger partial charge is 0.395 e. The summed E-state index contributed by atoms with van der Waals surface area (Å²) in [4.78, 5) is 1.96. The van der Waals surface area contributed by atoms with Crippen LogP contribution in [-0.4, -0.2) is 27.0 Å². The summed E-state index contributed by atoms with van der Waals surface area (Å²) >= 11 is -2.04. The van der Waals surface area contributed by atoms with Crippen LogP contribution in [0.1, 0.15) is 0 Å². The molecule has 0 aliphatic rings. The molecule has 0 heterocycles. The first-order chi connectivity index (χ1) is 3.77. The fourth-order valence-electron chi connectivity index (χ4n) is 0.169. The lowest BCUT2D eigenvalue weighted by molar-refractivity contribution is 0.289. The monoisotopic (exact) mass is 140 g/mol. The second-order valence-corrected chi connectivity index (χ2v) is 1.70. The van der Waals surface area contributed by atoms with Gasteiger partial charge in [0.15, 0.2) is 0 Å². The van der Waals surface area contributed by atoms with Crippen LogP contribution < -0.4 is 10.3 Å². The zero-order valence-electron chi connectivity index (χ0n) is 4.13. The minimum atomic E-state index is -2.04. The van der Waals surface area contributed by atoms with Crippen LogP contribution in [0.2, 0.25) is 0 Å². The summed E-state index contributed by atoms with van der Waals surface area (Å²) < 4.78 is 17.7. The van der Waals surface area contributed by atoms with E-state index >= 15 is 0 Å². The maximum absolute atomic E-state index is 9.73. The summed E-state index contributed by atoms with van der Waals surface area (Å²) in [5, 5.41) is 8.10. The second-order valence-electron chi connectivity index (χ2n) is 1.00. The van der Waals surface area contributed by atoms with Gasteiger partial charge in [-0.2, -0.15) is 4.83 Å². The third-order valence-electron chi connectivity index (χ3n) is 0.396. The summed E-state index contributed by atoms with van der Waals surface area (Å²) in [7, 11) is 0. The average Bonchev–Trinajstić information content (AvgIpc) is 1.66. The van der Waals surface area contributed by atoms with E-state index in [1.54, 1.807) is 0 Å². The molecule has 6 heteroatoms. The molecular weight excluding hydrogens is 132 g/mol. The number of hydrogen-bond donors (Lipinski definition) is 4. The van der Waals surface area contributed by atoms with Crippen LogP contribution in [0, 0.1) is 0 Å². The van der Waals surface area contributed by atoms with Gasteiger partial charge in [-0.05, 0) is 0 Å². The molecule has 4 N–H and O–H groups in total. The fraction of sp³-hybridized carbons (Fsp3) is 1.00. The average molecular weight is 140 g/mol. The SMILES string of the molecule is O=S(O)NNCCO. The topological polar surface area (TPSA) is 81.6 Å². The molecule has 5 nitrogen and oxygen atoms in total. The standard InChI is InChI=1S/C2H8N2O3S/c5-2-1-3-4-8(6)7/h3-5H,1-2H2,(H,6,7). The summed E-state index contributed by atoms with van der Waals surface area (Å²) in [5.41, 5.74) is 2.28. The minimum Gasteiger partial charge on any atom is -0.395 e. The smallest absolute Gasteiger partial charge is 0.245 e. The van der Waals surface area contributed by atoms with Crippen molar-refractivity contribution in [1.29, 1.82) is 0 Å². The predicted molar refractivity (Wildman–Crippen MR) is 29.0 cm³/mol. The molecule has 0 amide bonds. The van der Waals surface area contributed by atoms with Gasteiger partial charge < -0.3 is 5.11 Å². The van der Waals surface area contributed by atoms with Crippen LogP contribution >= 0.6 is 0 Å². The quantitative estimate of drug-likeness (QED) is 0.211. The highest BCUT2D eigenvalue weighted by Crippen LogP contribution is 1.54. The molecule has 0 rings (SSSR count). The molecule has 50 valence electrons. The highest BCUT2D eigenvalue weighted by atomic mass is 32.2. The van der Waals surface area contributed by atoms with Gasteiger partial charge in [0, 0.05) is 6.54 Å². The Bertz CT molecular complexity index is 77.7. The summed E-state index contributed by atoms with van der Waals surface area (Å²) in [6.45, 7) is 0.191. The Hall–Kier alpha value is -0.0100. The van der Waals surface area contributed by atoms with Crippen LogP contribution in [0.3, 0.4) is 0 Å². The van der Waals surface area contributed by atoms with Crippen molar-refractivity contribution in [2.75, 3.05) is 13.2 Å². The van der Waals surface area contributed by atoms with Gasteiger partial charge in [0.05, 0.1) is 6.61 Å². The van der Waals surface area contributed by atoms with Crippen molar-refractivity contribution in [2.24, 2.45) is 0 Å². The normalized spacial score (nSPS) is 13.8. The molecule has 0 saturated heterocycles. The first-order valence-electron chi connectivity index (χ1n) is 1.97. The van der Waals surface area contributed by atoms with Gasteiger partial charge in [-0.25, -0.2) is 9.63 Å². The Balaban J connectivity index is 2.82. The van der Waals surface area contributed by atoms with E-state index in [0.717, 1.165) is 0 Å². The van der Waals surface area contributed by atoms with Crippen molar-refractivity contribution in [3.05, 3.63) is 0 Å². The number of hydrazine groups is 1. The lowest BCUT2D eigenvalue weighted by Gasteiger charge is -1.96. The van der Waals surface area contributed by atoms with Crippen molar-refractivity contribution >= 4 is 11.3 Å². The van der Waals surface area contributed by atoms with Crippen molar-refractivity contribution in [3.63, 3.8) is 0 Å². The highest BCUT2D eigenvalue weighted by Gasteiger charge is 1.85. The van der Waals surface area contributed by atoms with Gasteiger partial charge in [0.25, 0.3) is 0 Å². The van der Waals surface area contributed by atoms with Crippen molar-refractivity contribution < 1.29 is 13.9 Å². The van der Waals surface area contributed by atoms with Crippen LogP contribution in [0.4, 0.5) is 0 Å². The summed E-state index contributed by atoms with van der Waals surface area (Å²) in [6.07, 6.45) is 0. The van der Waals surface area contributed by atoms with Crippen molar-refractivity contribution in [2.45, 2.75) is 0 Å². The molecule has 0 saturated carbocycles. The number of aliphatic hydroxyl groups is 1. The second kappa shape index (κ2) is 5.13. The van der Waals surface area contributed by atoms with Crippen molar-refractivity contribution in [1.82, 2.24) is 10.3 Å². The number of rotatable bonds is 4.